The van der Waals surface area contributed by atoms with Crippen molar-refractivity contribution in [1.82, 2.24) is 10.2 Å². The van der Waals surface area contributed by atoms with Gasteiger partial charge in [-0.05, 0) is 27.4 Å². The van der Waals surface area contributed by atoms with Gasteiger partial charge in [-0.1, -0.05) is 0 Å². The Morgan fingerprint density at radius 3 is 2.77 bits per heavy atom. The number of carbonyl (C=O) groups excluding carboxylic acids is 1. The lowest BCUT2D eigenvalue weighted by molar-refractivity contribution is -0.122. The van der Waals surface area contributed by atoms with Crippen LogP contribution in [0.1, 0.15) is 13.3 Å². The fourth-order valence-electron chi connectivity index (χ4n) is 1.46. The average Bonchev–Trinajstić information content (AvgIpc) is 2.34. The highest BCUT2D eigenvalue weighted by Crippen LogP contribution is 2.12. The van der Waals surface area contributed by atoms with Crippen LogP contribution < -0.4 is 5.32 Å². The molecule has 0 aliphatic carbocycles. The second-order valence-corrected chi connectivity index (χ2v) is 3.78. The second-order valence-electron chi connectivity index (χ2n) is 3.78. The smallest absolute Gasteiger partial charge is 0.234 e. The van der Waals surface area contributed by atoms with Crippen molar-refractivity contribution < 1.29 is 9.53 Å². The molecule has 1 aliphatic rings. The van der Waals surface area contributed by atoms with Crippen LogP contribution in [-0.2, 0) is 9.53 Å². The molecular formula is C9H18N2O2. The molecule has 0 aromatic heterocycles. The molecule has 2 atom stereocenters. The first-order valence-corrected chi connectivity index (χ1v) is 4.65. The highest BCUT2D eigenvalue weighted by atomic mass is 16.5. The Kier molecular flexibility index (Phi) is 3.69. The summed E-state index contributed by atoms with van der Waals surface area (Å²) in [7, 11) is 3.77. The Morgan fingerprint density at radius 2 is 2.31 bits per heavy atom. The molecule has 0 bridgehead atoms. The Hall–Kier alpha value is -0.610. The van der Waals surface area contributed by atoms with Crippen LogP contribution in [0.25, 0.3) is 0 Å². The maximum atomic E-state index is 11.3. The van der Waals surface area contributed by atoms with Crippen molar-refractivity contribution in [1.29, 1.82) is 0 Å². The highest BCUT2D eigenvalue weighted by Gasteiger charge is 2.25. The van der Waals surface area contributed by atoms with Gasteiger partial charge < -0.3 is 15.0 Å². The molecule has 1 rings (SSSR count). The number of hydrogen-bond donors (Lipinski definition) is 1. The van der Waals surface area contributed by atoms with Gasteiger partial charge in [-0.15, -0.1) is 0 Å². The summed E-state index contributed by atoms with van der Waals surface area (Å²) in [6, 6.07) is 0.201. The number of nitrogens with zero attached hydrogens (tertiary/aromatic N) is 1. The third kappa shape index (κ3) is 3.32. The van der Waals surface area contributed by atoms with E-state index in [2.05, 4.69) is 5.32 Å². The van der Waals surface area contributed by atoms with Crippen molar-refractivity contribution in [2.45, 2.75) is 25.5 Å². The average molecular weight is 186 g/mol. The quantitative estimate of drug-likeness (QED) is 0.666. The van der Waals surface area contributed by atoms with Gasteiger partial charge in [-0.2, -0.15) is 0 Å². The maximum absolute atomic E-state index is 11.3. The minimum atomic E-state index is 0.0763. The molecule has 1 fully saturated rings. The van der Waals surface area contributed by atoms with E-state index in [1.54, 1.807) is 0 Å². The first-order valence-electron chi connectivity index (χ1n) is 4.65. The maximum Gasteiger partial charge on any atom is 0.234 e. The summed E-state index contributed by atoms with van der Waals surface area (Å²) in [5.74, 6) is 0.0763. The van der Waals surface area contributed by atoms with Gasteiger partial charge >= 0.3 is 0 Å². The molecule has 4 nitrogen and oxygen atoms in total. The third-order valence-corrected chi connectivity index (χ3v) is 2.18. The zero-order valence-corrected chi connectivity index (χ0v) is 8.54. The molecule has 76 valence electrons. The minimum Gasteiger partial charge on any atom is -0.376 e. The summed E-state index contributed by atoms with van der Waals surface area (Å²) in [5, 5.41) is 2.95. The van der Waals surface area contributed by atoms with Crippen LogP contribution in [0, 0.1) is 0 Å². The lowest BCUT2D eigenvalue weighted by Gasteiger charge is -2.17. The molecule has 2 unspecified atom stereocenters. The molecular weight excluding hydrogens is 168 g/mol. The summed E-state index contributed by atoms with van der Waals surface area (Å²) >= 11 is 0. The zero-order valence-electron chi connectivity index (χ0n) is 8.54. The lowest BCUT2D eigenvalue weighted by Crippen LogP contribution is -2.43. The van der Waals surface area contributed by atoms with E-state index in [9.17, 15) is 4.79 Å². The molecule has 0 saturated carbocycles. The highest BCUT2D eigenvalue weighted by molar-refractivity contribution is 5.78. The molecule has 1 amide bonds. The number of hydrogen-bond acceptors (Lipinski definition) is 3. The number of carbonyl (C=O) groups is 1. The van der Waals surface area contributed by atoms with Gasteiger partial charge in [0.1, 0.15) is 0 Å². The third-order valence-electron chi connectivity index (χ3n) is 2.18. The van der Waals surface area contributed by atoms with Crippen molar-refractivity contribution in [3.63, 3.8) is 0 Å². The van der Waals surface area contributed by atoms with Crippen LogP contribution in [0.4, 0.5) is 0 Å². The van der Waals surface area contributed by atoms with E-state index >= 15 is 0 Å². The molecule has 0 aromatic carbocycles. The van der Waals surface area contributed by atoms with Crippen molar-refractivity contribution in [3.05, 3.63) is 0 Å². The van der Waals surface area contributed by atoms with Gasteiger partial charge in [0, 0.05) is 6.61 Å². The predicted octanol–water partition coefficient (Wildman–Crippen LogP) is -0.158. The Labute approximate surface area is 79.2 Å². The second kappa shape index (κ2) is 4.58. The largest absolute Gasteiger partial charge is 0.376 e. The number of rotatable bonds is 3. The fraction of sp³-hybridized carbons (Fsp3) is 0.889. The molecule has 1 heterocycles. The van der Waals surface area contributed by atoms with Crippen molar-refractivity contribution >= 4 is 5.91 Å². The lowest BCUT2D eigenvalue weighted by atomic mass is 10.1. The Bertz CT molecular complexity index is 182. The van der Waals surface area contributed by atoms with Crippen LogP contribution in [0.3, 0.4) is 0 Å². The summed E-state index contributed by atoms with van der Waals surface area (Å²) in [6.07, 6.45) is 1.09. The zero-order chi connectivity index (χ0) is 9.84. The van der Waals surface area contributed by atoms with E-state index < -0.39 is 0 Å². The van der Waals surface area contributed by atoms with E-state index in [0.29, 0.717) is 6.54 Å². The molecule has 1 aliphatic heterocycles. The van der Waals surface area contributed by atoms with Gasteiger partial charge in [-0.25, -0.2) is 0 Å². The monoisotopic (exact) mass is 186 g/mol. The van der Waals surface area contributed by atoms with Crippen molar-refractivity contribution in [3.8, 4) is 0 Å². The number of likely N-dealkylation sites (N-methyl/N-ethyl adjacent to an activating group) is 1. The van der Waals surface area contributed by atoms with E-state index in [1.165, 1.54) is 0 Å². The van der Waals surface area contributed by atoms with E-state index in [0.717, 1.165) is 13.0 Å². The number of nitrogens with one attached hydrogen (secondary N) is 1. The SMILES string of the molecule is CC1OCCC1NC(=O)CN(C)C. The van der Waals surface area contributed by atoms with Gasteiger partial charge in [0.25, 0.3) is 0 Å². The van der Waals surface area contributed by atoms with Crippen LogP contribution in [0.15, 0.2) is 0 Å². The van der Waals surface area contributed by atoms with Gasteiger partial charge in [0.15, 0.2) is 0 Å². The van der Waals surface area contributed by atoms with Crippen LogP contribution >= 0.6 is 0 Å². The molecule has 0 aromatic rings. The first-order chi connectivity index (χ1) is 6.09. The van der Waals surface area contributed by atoms with Crippen LogP contribution in [0.2, 0.25) is 0 Å². The summed E-state index contributed by atoms with van der Waals surface area (Å²) in [6.45, 7) is 3.20. The van der Waals surface area contributed by atoms with Gasteiger partial charge in [0.2, 0.25) is 5.91 Å². The molecule has 13 heavy (non-hydrogen) atoms. The minimum absolute atomic E-state index is 0.0763. The van der Waals surface area contributed by atoms with E-state index in [-0.39, 0.29) is 18.1 Å². The molecule has 0 radical (unpaired) electrons. The van der Waals surface area contributed by atoms with Crippen molar-refractivity contribution in [2.24, 2.45) is 0 Å². The van der Waals surface area contributed by atoms with Crippen LogP contribution in [0.5, 0.6) is 0 Å². The first kappa shape index (κ1) is 10.5. The predicted molar refractivity (Wildman–Crippen MR) is 50.5 cm³/mol. The van der Waals surface area contributed by atoms with E-state index in [1.807, 2.05) is 25.9 Å². The topological polar surface area (TPSA) is 41.6 Å². The van der Waals surface area contributed by atoms with Crippen molar-refractivity contribution in [2.75, 3.05) is 27.2 Å². The van der Waals surface area contributed by atoms with Gasteiger partial charge in [-0.3, -0.25) is 4.79 Å². The number of ether oxygens (including phenoxy) is 1. The summed E-state index contributed by atoms with van der Waals surface area (Å²) in [4.78, 5) is 13.2. The van der Waals surface area contributed by atoms with E-state index in [4.69, 9.17) is 4.74 Å². The fourth-order valence-corrected chi connectivity index (χ4v) is 1.46. The molecule has 4 heteroatoms. The normalized spacial score (nSPS) is 28.0. The summed E-state index contributed by atoms with van der Waals surface area (Å²) < 4.78 is 5.34. The summed E-state index contributed by atoms with van der Waals surface area (Å²) in [5.41, 5.74) is 0. The van der Waals surface area contributed by atoms with Crippen LogP contribution in [-0.4, -0.2) is 50.2 Å². The molecule has 1 N–H and O–H groups in total. The molecule has 0 spiro atoms. The molecule has 1 saturated heterocycles. The standard InChI is InChI=1S/C9H18N2O2/c1-7-8(4-5-13-7)10-9(12)6-11(2)3/h7-8H,4-6H2,1-3H3,(H,10,12). The van der Waals surface area contributed by atoms with Gasteiger partial charge in [0.05, 0.1) is 18.7 Å². The Balaban J connectivity index is 2.27. The number of amides is 1. The Morgan fingerprint density at radius 1 is 1.62 bits per heavy atom.